The van der Waals surface area contributed by atoms with Gasteiger partial charge in [0.15, 0.2) is 0 Å². The smallest absolute Gasteiger partial charge is 0.0868 e. The van der Waals surface area contributed by atoms with E-state index in [1.165, 1.54) is 0 Å². The highest BCUT2D eigenvalue weighted by molar-refractivity contribution is 4.79. The van der Waals surface area contributed by atoms with Crippen LogP contribution < -0.4 is 11.3 Å². The summed E-state index contributed by atoms with van der Waals surface area (Å²) in [5.41, 5.74) is 2.79. The van der Waals surface area contributed by atoms with Gasteiger partial charge in [-0.25, -0.2) is 0 Å². The number of morpholine rings is 1. The molecule has 2 atom stereocenters. The molecule has 72 valence electrons. The van der Waals surface area contributed by atoms with Gasteiger partial charge in [-0.05, 0) is 13.5 Å². The Morgan fingerprint density at radius 3 is 3.00 bits per heavy atom. The van der Waals surface area contributed by atoms with Crippen molar-refractivity contribution in [2.75, 3.05) is 26.7 Å². The molecule has 0 aromatic carbocycles. The zero-order valence-corrected chi connectivity index (χ0v) is 7.92. The molecule has 3 N–H and O–H groups in total. The van der Waals surface area contributed by atoms with Crippen LogP contribution in [0.5, 0.6) is 0 Å². The Morgan fingerprint density at radius 1 is 1.75 bits per heavy atom. The van der Waals surface area contributed by atoms with Gasteiger partial charge in [0.05, 0.1) is 12.7 Å². The van der Waals surface area contributed by atoms with Gasteiger partial charge in [-0.1, -0.05) is 6.92 Å². The molecule has 0 radical (unpaired) electrons. The van der Waals surface area contributed by atoms with E-state index in [2.05, 4.69) is 24.3 Å². The molecular weight excluding hydrogens is 154 g/mol. The lowest BCUT2D eigenvalue weighted by Gasteiger charge is -2.34. The van der Waals surface area contributed by atoms with Crippen LogP contribution in [0, 0.1) is 0 Å². The third-order valence-electron chi connectivity index (χ3n) is 2.40. The van der Waals surface area contributed by atoms with E-state index in [1.54, 1.807) is 0 Å². The summed E-state index contributed by atoms with van der Waals surface area (Å²) < 4.78 is 5.61. The Morgan fingerprint density at radius 2 is 2.50 bits per heavy atom. The predicted octanol–water partition coefficient (Wildman–Crippen LogP) is -0.441. The summed E-state index contributed by atoms with van der Waals surface area (Å²) >= 11 is 0. The van der Waals surface area contributed by atoms with Crippen LogP contribution in [0.25, 0.3) is 0 Å². The van der Waals surface area contributed by atoms with Gasteiger partial charge in [0.2, 0.25) is 0 Å². The van der Waals surface area contributed by atoms with Gasteiger partial charge in [0.1, 0.15) is 0 Å². The summed E-state index contributed by atoms with van der Waals surface area (Å²) in [6.07, 6.45) is 1.26. The molecule has 1 fully saturated rings. The van der Waals surface area contributed by atoms with E-state index in [-0.39, 0.29) is 12.1 Å². The molecule has 2 unspecified atom stereocenters. The van der Waals surface area contributed by atoms with E-state index in [4.69, 9.17) is 10.6 Å². The molecule has 0 amide bonds. The Labute approximate surface area is 74.0 Å². The molecule has 12 heavy (non-hydrogen) atoms. The number of hydrazine groups is 1. The van der Waals surface area contributed by atoms with Crippen molar-refractivity contribution >= 4 is 0 Å². The predicted molar refractivity (Wildman–Crippen MR) is 48.6 cm³/mol. The standard InChI is InChI=1S/C8H19N3O/c1-3-7(10-9)8-6-11(2)4-5-12-8/h7-8,10H,3-6,9H2,1-2H3. The first kappa shape index (κ1) is 9.92. The van der Waals surface area contributed by atoms with Crippen molar-refractivity contribution in [1.29, 1.82) is 0 Å². The Balaban J connectivity index is 2.38. The van der Waals surface area contributed by atoms with Crippen molar-refractivity contribution in [3.63, 3.8) is 0 Å². The number of nitrogens with two attached hydrogens (primary N) is 1. The van der Waals surface area contributed by atoms with E-state index >= 15 is 0 Å². The van der Waals surface area contributed by atoms with Crippen LogP contribution in [0.3, 0.4) is 0 Å². The molecule has 0 aromatic rings. The van der Waals surface area contributed by atoms with Crippen LogP contribution in [0.4, 0.5) is 0 Å². The van der Waals surface area contributed by atoms with Crippen LogP contribution in [-0.4, -0.2) is 43.8 Å². The highest BCUT2D eigenvalue weighted by Crippen LogP contribution is 2.08. The molecule has 0 saturated carbocycles. The van der Waals surface area contributed by atoms with E-state index in [1.807, 2.05) is 0 Å². The van der Waals surface area contributed by atoms with E-state index in [0.29, 0.717) is 0 Å². The summed E-state index contributed by atoms with van der Waals surface area (Å²) in [6, 6.07) is 0.285. The van der Waals surface area contributed by atoms with Crippen LogP contribution in [0.1, 0.15) is 13.3 Å². The largest absolute Gasteiger partial charge is 0.374 e. The summed E-state index contributed by atoms with van der Waals surface area (Å²) in [7, 11) is 2.11. The third kappa shape index (κ3) is 2.42. The first-order chi connectivity index (χ1) is 5.77. The topological polar surface area (TPSA) is 50.5 Å². The van der Waals surface area contributed by atoms with Crippen LogP contribution in [0.15, 0.2) is 0 Å². The summed E-state index contributed by atoms with van der Waals surface area (Å²) in [4.78, 5) is 2.27. The molecule has 0 bridgehead atoms. The van der Waals surface area contributed by atoms with Crippen molar-refractivity contribution in [1.82, 2.24) is 10.3 Å². The highest BCUT2D eigenvalue weighted by atomic mass is 16.5. The third-order valence-corrected chi connectivity index (χ3v) is 2.40. The second-order valence-electron chi connectivity index (χ2n) is 3.35. The molecule has 1 heterocycles. The second-order valence-corrected chi connectivity index (χ2v) is 3.35. The van der Waals surface area contributed by atoms with Gasteiger partial charge in [-0.15, -0.1) is 0 Å². The SMILES string of the molecule is CCC(NN)C1CN(C)CCO1. The van der Waals surface area contributed by atoms with Gasteiger partial charge >= 0.3 is 0 Å². The fourth-order valence-electron chi connectivity index (χ4n) is 1.54. The lowest BCUT2D eigenvalue weighted by Crippen LogP contribution is -2.52. The summed E-state index contributed by atoms with van der Waals surface area (Å²) in [5, 5.41) is 0. The molecule has 1 saturated heterocycles. The molecule has 1 aliphatic rings. The maximum absolute atomic E-state index is 5.61. The van der Waals surface area contributed by atoms with E-state index in [0.717, 1.165) is 26.1 Å². The lowest BCUT2D eigenvalue weighted by atomic mass is 10.1. The van der Waals surface area contributed by atoms with Crippen LogP contribution in [-0.2, 0) is 4.74 Å². The Bertz CT molecular complexity index is 127. The molecule has 0 aliphatic carbocycles. The van der Waals surface area contributed by atoms with Crippen LogP contribution >= 0.6 is 0 Å². The van der Waals surface area contributed by atoms with E-state index in [9.17, 15) is 0 Å². The van der Waals surface area contributed by atoms with Gasteiger partial charge < -0.3 is 9.64 Å². The van der Waals surface area contributed by atoms with Gasteiger partial charge in [-0.3, -0.25) is 11.3 Å². The van der Waals surface area contributed by atoms with Crippen molar-refractivity contribution < 1.29 is 4.74 Å². The molecule has 1 rings (SSSR count). The quantitative estimate of drug-likeness (QED) is 0.449. The summed E-state index contributed by atoms with van der Waals surface area (Å²) in [6.45, 7) is 4.93. The van der Waals surface area contributed by atoms with Crippen molar-refractivity contribution in [3.05, 3.63) is 0 Å². The number of hydrogen-bond acceptors (Lipinski definition) is 4. The zero-order chi connectivity index (χ0) is 8.97. The maximum Gasteiger partial charge on any atom is 0.0868 e. The van der Waals surface area contributed by atoms with E-state index < -0.39 is 0 Å². The van der Waals surface area contributed by atoms with Crippen molar-refractivity contribution in [2.24, 2.45) is 5.84 Å². The maximum atomic E-state index is 5.61. The highest BCUT2D eigenvalue weighted by Gasteiger charge is 2.24. The number of nitrogens with zero attached hydrogens (tertiary/aromatic N) is 1. The van der Waals surface area contributed by atoms with Gasteiger partial charge in [-0.2, -0.15) is 0 Å². The van der Waals surface area contributed by atoms with Crippen molar-refractivity contribution in [3.8, 4) is 0 Å². The molecule has 4 heteroatoms. The van der Waals surface area contributed by atoms with Gasteiger partial charge in [0, 0.05) is 19.1 Å². The second kappa shape index (κ2) is 4.77. The first-order valence-corrected chi connectivity index (χ1v) is 4.54. The number of rotatable bonds is 3. The first-order valence-electron chi connectivity index (χ1n) is 4.54. The fraction of sp³-hybridized carbons (Fsp3) is 1.00. The number of hydrogen-bond donors (Lipinski definition) is 2. The average Bonchev–Trinajstić information content (AvgIpc) is 2.07. The van der Waals surface area contributed by atoms with Crippen LogP contribution in [0.2, 0.25) is 0 Å². The molecule has 0 aromatic heterocycles. The fourth-order valence-corrected chi connectivity index (χ4v) is 1.54. The Kier molecular flexibility index (Phi) is 3.94. The monoisotopic (exact) mass is 173 g/mol. The summed E-state index contributed by atoms with van der Waals surface area (Å²) in [5.74, 6) is 5.41. The normalized spacial score (nSPS) is 28.8. The average molecular weight is 173 g/mol. The molecule has 0 spiro atoms. The van der Waals surface area contributed by atoms with Gasteiger partial charge in [0.25, 0.3) is 0 Å². The molecule has 4 nitrogen and oxygen atoms in total. The number of nitrogens with one attached hydrogen (secondary N) is 1. The zero-order valence-electron chi connectivity index (χ0n) is 7.92. The Hall–Kier alpha value is -0.160. The minimum atomic E-state index is 0.249. The minimum absolute atomic E-state index is 0.249. The molecular formula is C8H19N3O. The lowest BCUT2D eigenvalue weighted by molar-refractivity contribution is -0.0391. The molecule has 1 aliphatic heterocycles. The number of ether oxygens (including phenoxy) is 1. The number of likely N-dealkylation sites (N-methyl/N-ethyl adjacent to an activating group) is 1. The minimum Gasteiger partial charge on any atom is -0.374 e. The van der Waals surface area contributed by atoms with Crippen molar-refractivity contribution in [2.45, 2.75) is 25.5 Å².